The molecule has 3 rings (SSSR count). The molecule has 0 atom stereocenters. The maximum Gasteiger partial charge on any atom is 0.335 e. The number of aromatic carboxylic acids is 1. The second-order valence-electron chi connectivity index (χ2n) is 5.28. The van der Waals surface area contributed by atoms with Crippen molar-refractivity contribution >= 4 is 11.9 Å². The molecular formula is C15H16N2O3. The van der Waals surface area contributed by atoms with E-state index in [-0.39, 0.29) is 11.5 Å². The molecule has 1 fully saturated rings. The van der Waals surface area contributed by atoms with Gasteiger partial charge in [0.05, 0.1) is 5.56 Å². The zero-order valence-corrected chi connectivity index (χ0v) is 11.3. The molecule has 5 heteroatoms. The summed E-state index contributed by atoms with van der Waals surface area (Å²) < 4.78 is 0. The first-order valence-electron chi connectivity index (χ1n) is 6.60. The molecule has 2 N–H and O–H groups in total. The lowest BCUT2D eigenvalue weighted by Gasteiger charge is -2.24. The number of benzene rings is 1. The first-order chi connectivity index (χ1) is 9.56. The monoisotopic (exact) mass is 272 g/mol. The van der Waals surface area contributed by atoms with Crippen LogP contribution in [0.2, 0.25) is 0 Å². The van der Waals surface area contributed by atoms with Gasteiger partial charge >= 0.3 is 5.97 Å². The highest BCUT2D eigenvalue weighted by Gasteiger charge is 2.27. The van der Waals surface area contributed by atoms with E-state index in [2.05, 4.69) is 5.32 Å². The highest BCUT2D eigenvalue weighted by atomic mass is 16.4. The maximum atomic E-state index is 12.4. The molecule has 5 nitrogen and oxygen atoms in total. The Balaban J connectivity index is 1.80. The summed E-state index contributed by atoms with van der Waals surface area (Å²) in [5.41, 5.74) is 4.22. The van der Waals surface area contributed by atoms with E-state index in [1.165, 1.54) is 0 Å². The fourth-order valence-corrected chi connectivity index (χ4v) is 2.57. The molecule has 0 saturated carbocycles. The lowest BCUT2D eigenvalue weighted by Crippen LogP contribution is -2.37. The molecule has 2 aliphatic heterocycles. The number of amides is 1. The van der Waals surface area contributed by atoms with Crippen molar-refractivity contribution in [2.45, 2.75) is 20.0 Å². The fraction of sp³-hybridized carbons (Fsp3) is 0.333. The van der Waals surface area contributed by atoms with Crippen molar-refractivity contribution < 1.29 is 14.7 Å². The summed E-state index contributed by atoms with van der Waals surface area (Å²) in [5, 5.41) is 12.1. The molecule has 0 bridgehead atoms. The molecule has 2 heterocycles. The van der Waals surface area contributed by atoms with E-state index in [0.717, 1.165) is 35.4 Å². The molecule has 0 aromatic heterocycles. The topological polar surface area (TPSA) is 69.6 Å². The third-order valence-corrected chi connectivity index (χ3v) is 3.99. The van der Waals surface area contributed by atoms with Crippen molar-refractivity contribution in [3.05, 3.63) is 46.0 Å². The quantitative estimate of drug-likeness (QED) is 0.792. The van der Waals surface area contributed by atoms with Gasteiger partial charge in [-0.1, -0.05) is 6.07 Å². The summed E-state index contributed by atoms with van der Waals surface area (Å²) >= 11 is 0. The van der Waals surface area contributed by atoms with Gasteiger partial charge in [-0.2, -0.15) is 0 Å². The third kappa shape index (κ3) is 2.10. The summed E-state index contributed by atoms with van der Waals surface area (Å²) in [6.07, 6.45) is 0. The molecule has 104 valence electrons. The Hall–Kier alpha value is -2.14. The van der Waals surface area contributed by atoms with Gasteiger partial charge in [-0.15, -0.1) is 0 Å². The van der Waals surface area contributed by atoms with Crippen LogP contribution in [0.15, 0.2) is 29.3 Å². The lowest BCUT2D eigenvalue weighted by molar-refractivity contribution is -0.127. The highest BCUT2D eigenvalue weighted by molar-refractivity contribution is 5.94. The van der Waals surface area contributed by atoms with Gasteiger partial charge in [0, 0.05) is 31.8 Å². The van der Waals surface area contributed by atoms with Crippen molar-refractivity contribution in [3.8, 4) is 0 Å². The number of nitrogens with one attached hydrogen (secondary N) is 1. The minimum Gasteiger partial charge on any atom is -0.478 e. The molecule has 1 amide bonds. The van der Waals surface area contributed by atoms with E-state index < -0.39 is 5.97 Å². The van der Waals surface area contributed by atoms with Crippen LogP contribution in [0.1, 0.15) is 28.4 Å². The molecule has 1 saturated heterocycles. The van der Waals surface area contributed by atoms with E-state index in [1.807, 2.05) is 6.92 Å². The van der Waals surface area contributed by atoms with Gasteiger partial charge in [0.25, 0.3) is 0 Å². The lowest BCUT2D eigenvalue weighted by atomic mass is 10.0. The van der Waals surface area contributed by atoms with Gasteiger partial charge in [0.2, 0.25) is 5.91 Å². The van der Waals surface area contributed by atoms with Crippen LogP contribution >= 0.6 is 0 Å². The number of hydrogen-bond acceptors (Lipinski definition) is 3. The average molecular weight is 272 g/mol. The zero-order chi connectivity index (χ0) is 14.3. The summed E-state index contributed by atoms with van der Waals surface area (Å²) in [4.78, 5) is 25.1. The number of carbonyl (C=O) groups excluding carboxylic acids is 1. The number of rotatable bonds is 2. The van der Waals surface area contributed by atoms with Crippen LogP contribution in [-0.2, 0) is 17.9 Å². The molecule has 1 aromatic carbocycles. The number of fused-ring (bicyclic) bond motifs is 1. The average Bonchev–Trinajstić information content (AvgIpc) is 2.78. The van der Waals surface area contributed by atoms with E-state index in [9.17, 15) is 9.59 Å². The van der Waals surface area contributed by atoms with Crippen molar-refractivity contribution in [3.63, 3.8) is 0 Å². The van der Waals surface area contributed by atoms with Gasteiger partial charge in [-0.3, -0.25) is 4.79 Å². The minimum atomic E-state index is -0.934. The molecule has 0 radical (unpaired) electrons. The van der Waals surface area contributed by atoms with Crippen LogP contribution in [0, 0.1) is 0 Å². The molecule has 0 aliphatic carbocycles. The Morgan fingerprint density at radius 2 is 1.90 bits per heavy atom. The van der Waals surface area contributed by atoms with E-state index in [0.29, 0.717) is 13.1 Å². The molecular weight excluding hydrogens is 256 g/mol. The number of carbonyl (C=O) groups is 2. The number of hydrogen-bond donors (Lipinski definition) is 2. The van der Waals surface area contributed by atoms with Gasteiger partial charge < -0.3 is 15.3 Å². The Bertz CT molecular complexity index is 628. The first-order valence-corrected chi connectivity index (χ1v) is 6.60. The Kier molecular flexibility index (Phi) is 3.06. The van der Waals surface area contributed by atoms with Gasteiger partial charge in [-0.25, -0.2) is 4.79 Å². The zero-order valence-electron chi connectivity index (χ0n) is 11.3. The van der Waals surface area contributed by atoms with Crippen LogP contribution in [-0.4, -0.2) is 35.0 Å². The second kappa shape index (κ2) is 4.76. The van der Waals surface area contributed by atoms with Crippen LogP contribution in [0.3, 0.4) is 0 Å². The van der Waals surface area contributed by atoms with Crippen LogP contribution < -0.4 is 5.32 Å². The number of carboxylic acid groups (broad SMARTS) is 1. The Morgan fingerprint density at radius 3 is 2.50 bits per heavy atom. The summed E-state index contributed by atoms with van der Waals surface area (Å²) in [6, 6.07) is 5.06. The SMILES string of the molecule is CC(C(=O)N1Cc2ccc(C(=O)O)cc2C1)=C1CNC1. The molecule has 20 heavy (non-hydrogen) atoms. The largest absolute Gasteiger partial charge is 0.478 e. The predicted octanol–water partition coefficient (Wildman–Crippen LogP) is 1.15. The summed E-state index contributed by atoms with van der Waals surface area (Å²) in [6.45, 7) is 4.51. The van der Waals surface area contributed by atoms with Crippen molar-refractivity contribution in [1.29, 1.82) is 0 Å². The van der Waals surface area contributed by atoms with E-state index in [4.69, 9.17) is 5.11 Å². The standard InChI is InChI=1S/C15H16N2O3/c1-9(13-5-16-6-13)14(18)17-7-11-3-2-10(15(19)20)4-12(11)8-17/h2-4,16H,5-8H2,1H3,(H,19,20). The predicted molar refractivity (Wildman–Crippen MR) is 73.2 cm³/mol. The van der Waals surface area contributed by atoms with Gasteiger partial charge in [-0.05, 0) is 35.8 Å². The van der Waals surface area contributed by atoms with Gasteiger partial charge in [0.1, 0.15) is 0 Å². The Labute approximate surface area is 116 Å². The smallest absolute Gasteiger partial charge is 0.335 e. The number of carboxylic acids is 1. The van der Waals surface area contributed by atoms with Crippen molar-refractivity contribution in [1.82, 2.24) is 10.2 Å². The Morgan fingerprint density at radius 1 is 1.20 bits per heavy atom. The van der Waals surface area contributed by atoms with E-state index >= 15 is 0 Å². The second-order valence-corrected chi connectivity index (χ2v) is 5.28. The van der Waals surface area contributed by atoms with Crippen molar-refractivity contribution in [2.24, 2.45) is 0 Å². The highest BCUT2D eigenvalue weighted by Crippen LogP contribution is 2.26. The first kappa shape index (κ1) is 12.9. The summed E-state index contributed by atoms with van der Waals surface area (Å²) in [5.74, 6) is -0.883. The number of nitrogens with zero attached hydrogens (tertiary/aromatic N) is 1. The van der Waals surface area contributed by atoms with E-state index in [1.54, 1.807) is 23.1 Å². The molecule has 0 unspecified atom stereocenters. The fourth-order valence-electron chi connectivity index (χ4n) is 2.57. The molecule has 2 aliphatic rings. The van der Waals surface area contributed by atoms with Crippen LogP contribution in [0.5, 0.6) is 0 Å². The minimum absolute atomic E-state index is 0.0505. The van der Waals surface area contributed by atoms with Crippen LogP contribution in [0.25, 0.3) is 0 Å². The maximum absolute atomic E-state index is 12.4. The molecule has 1 aromatic rings. The normalized spacial score (nSPS) is 16.6. The van der Waals surface area contributed by atoms with Gasteiger partial charge in [0.15, 0.2) is 0 Å². The molecule has 0 spiro atoms. The van der Waals surface area contributed by atoms with Crippen molar-refractivity contribution in [2.75, 3.05) is 13.1 Å². The summed E-state index contributed by atoms with van der Waals surface area (Å²) in [7, 11) is 0. The van der Waals surface area contributed by atoms with Crippen LogP contribution in [0.4, 0.5) is 0 Å². The third-order valence-electron chi connectivity index (χ3n) is 3.99.